The quantitative estimate of drug-likeness (QED) is 0.201. The summed E-state index contributed by atoms with van der Waals surface area (Å²) in [5.41, 5.74) is 9.80. The molecule has 1 atom stereocenters. The minimum Gasteiger partial charge on any atom is -0.457 e. The predicted molar refractivity (Wildman–Crippen MR) is 189 cm³/mol. The lowest BCUT2D eigenvalue weighted by Crippen LogP contribution is -2.59. The zero-order valence-corrected chi connectivity index (χ0v) is 28.5. The molecular weight excluding hydrogens is 616 g/mol. The second kappa shape index (κ2) is 13.6. The first kappa shape index (κ1) is 32.8. The third-order valence-electron chi connectivity index (χ3n) is 10.2. The Bertz CT molecular complexity index is 1900. The number of anilines is 1. The van der Waals surface area contributed by atoms with Crippen molar-refractivity contribution < 1.29 is 14.3 Å². The molecule has 3 saturated heterocycles. The maximum atomic E-state index is 13.9. The Labute approximate surface area is 287 Å². The molecule has 3 aliphatic heterocycles. The van der Waals surface area contributed by atoms with Crippen LogP contribution >= 0.6 is 0 Å². The number of pyridine rings is 1. The maximum absolute atomic E-state index is 13.9. The van der Waals surface area contributed by atoms with E-state index < -0.39 is 5.54 Å². The van der Waals surface area contributed by atoms with Gasteiger partial charge in [0, 0.05) is 56.6 Å². The predicted octanol–water partition coefficient (Wildman–Crippen LogP) is 5.19. The molecule has 7 rings (SSSR count). The van der Waals surface area contributed by atoms with Crippen molar-refractivity contribution in [3.63, 3.8) is 0 Å². The number of piperazine rings is 1. The van der Waals surface area contributed by atoms with Crippen LogP contribution in [-0.2, 0) is 9.53 Å². The van der Waals surface area contributed by atoms with Gasteiger partial charge in [-0.05, 0) is 81.7 Å². The van der Waals surface area contributed by atoms with Gasteiger partial charge < -0.3 is 20.1 Å². The van der Waals surface area contributed by atoms with Gasteiger partial charge in [0.05, 0.1) is 36.2 Å². The van der Waals surface area contributed by atoms with E-state index >= 15 is 0 Å². The Kier molecular flexibility index (Phi) is 9.11. The van der Waals surface area contributed by atoms with Crippen molar-refractivity contribution in [1.29, 1.82) is 5.26 Å². The number of hydrogen-bond acceptors (Lipinski definition) is 9. The van der Waals surface area contributed by atoms with Crippen molar-refractivity contribution in [2.24, 2.45) is 0 Å². The summed E-state index contributed by atoms with van der Waals surface area (Å²) < 4.78 is 13.5. The maximum Gasteiger partial charge on any atom is 0.264 e. The number of piperidine rings is 1. The third-order valence-corrected chi connectivity index (χ3v) is 10.2. The molecule has 11 heteroatoms. The number of aryl methyl sites for hydroxylation is 1. The molecule has 49 heavy (non-hydrogen) atoms. The van der Waals surface area contributed by atoms with Crippen molar-refractivity contribution in [1.82, 2.24) is 29.5 Å². The standard InChI is InChI=1S/C38H44N8O3/c1-26-20-31(49-30-9-5-4-6-10-30)11-12-32(26)35-34-33(13-14-41-36(34)40)46(42-35)28-8-7-15-44(23-28)37(47)27(22-39)21-38(2,3)45-18-16-43(17-19-45)29-24-48-25-29/h4-6,9-14,20-21,28-29H,7-8,15-19,23-25H2,1-3H3,(H2,40,41)/b27-21+/t28-/m1/s1. The highest BCUT2D eigenvalue weighted by Crippen LogP contribution is 2.37. The number of amides is 1. The molecule has 4 aromatic rings. The van der Waals surface area contributed by atoms with E-state index in [1.165, 1.54) is 0 Å². The molecule has 0 spiro atoms. The van der Waals surface area contributed by atoms with Crippen LogP contribution in [0.3, 0.4) is 0 Å². The van der Waals surface area contributed by atoms with E-state index in [1.54, 1.807) is 6.20 Å². The minimum atomic E-state index is -0.435. The van der Waals surface area contributed by atoms with E-state index in [0.29, 0.717) is 24.9 Å². The molecule has 0 unspecified atom stereocenters. The highest BCUT2D eigenvalue weighted by molar-refractivity contribution is 6.01. The zero-order valence-electron chi connectivity index (χ0n) is 28.5. The zero-order chi connectivity index (χ0) is 34.1. The summed E-state index contributed by atoms with van der Waals surface area (Å²) in [5, 5.41) is 16.1. The summed E-state index contributed by atoms with van der Waals surface area (Å²) in [6.07, 6.45) is 5.21. The third kappa shape index (κ3) is 6.64. The number of nitriles is 1. The van der Waals surface area contributed by atoms with Gasteiger partial charge in [0.15, 0.2) is 0 Å². The topological polar surface area (TPSA) is 126 Å². The van der Waals surface area contributed by atoms with Crippen molar-refractivity contribution in [2.75, 3.05) is 58.2 Å². The summed E-state index contributed by atoms with van der Waals surface area (Å²) in [6, 6.07) is 20.2. The van der Waals surface area contributed by atoms with E-state index in [2.05, 4.69) is 34.7 Å². The van der Waals surface area contributed by atoms with Gasteiger partial charge in [-0.15, -0.1) is 0 Å². The lowest BCUT2D eigenvalue weighted by molar-refractivity contribution is -0.128. The number of fused-ring (bicyclic) bond motifs is 1. The number of rotatable bonds is 8. The number of likely N-dealkylation sites (tertiary alicyclic amines) is 1. The molecule has 2 aromatic heterocycles. The fourth-order valence-electron chi connectivity index (χ4n) is 7.36. The largest absolute Gasteiger partial charge is 0.457 e. The van der Waals surface area contributed by atoms with E-state index in [1.807, 2.05) is 77.2 Å². The Morgan fingerprint density at radius 1 is 1.04 bits per heavy atom. The molecule has 0 saturated carbocycles. The molecule has 254 valence electrons. The van der Waals surface area contributed by atoms with Gasteiger partial charge >= 0.3 is 0 Å². The van der Waals surface area contributed by atoms with Gasteiger partial charge in [-0.1, -0.05) is 18.2 Å². The van der Waals surface area contributed by atoms with Crippen LogP contribution in [0.2, 0.25) is 0 Å². The van der Waals surface area contributed by atoms with Gasteiger partial charge in [0.1, 0.15) is 34.7 Å². The Morgan fingerprint density at radius 3 is 2.51 bits per heavy atom. The summed E-state index contributed by atoms with van der Waals surface area (Å²) >= 11 is 0. The van der Waals surface area contributed by atoms with Crippen LogP contribution in [0, 0.1) is 18.3 Å². The van der Waals surface area contributed by atoms with Crippen molar-refractivity contribution >= 4 is 22.6 Å². The molecular formula is C38H44N8O3. The minimum absolute atomic E-state index is 0.0896. The van der Waals surface area contributed by atoms with Crippen LogP contribution < -0.4 is 10.5 Å². The van der Waals surface area contributed by atoms with Gasteiger partial charge in [-0.3, -0.25) is 19.3 Å². The van der Waals surface area contributed by atoms with E-state index in [-0.39, 0.29) is 17.5 Å². The average molecular weight is 661 g/mol. The molecule has 0 radical (unpaired) electrons. The summed E-state index contributed by atoms with van der Waals surface area (Å²) in [5.74, 6) is 1.68. The van der Waals surface area contributed by atoms with Crippen molar-refractivity contribution in [3.8, 4) is 28.8 Å². The molecule has 5 heterocycles. The molecule has 2 N–H and O–H groups in total. The van der Waals surface area contributed by atoms with Gasteiger partial charge in [0.2, 0.25) is 0 Å². The first-order chi connectivity index (χ1) is 23.7. The number of aromatic nitrogens is 3. The first-order valence-electron chi connectivity index (χ1n) is 17.2. The SMILES string of the molecule is Cc1cc(Oc2ccccc2)ccc1-c1nn([C@@H]2CCCN(C(=O)/C(C#N)=C/C(C)(C)N3CCN(C4COC4)CC3)C2)c2ccnc(N)c12. The van der Waals surface area contributed by atoms with Crippen molar-refractivity contribution in [2.45, 2.75) is 51.2 Å². The number of benzene rings is 2. The van der Waals surface area contributed by atoms with Crippen LogP contribution in [0.15, 0.2) is 72.4 Å². The lowest BCUT2D eigenvalue weighted by Gasteiger charge is -2.46. The van der Waals surface area contributed by atoms with Gasteiger partial charge in [-0.2, -0.15) is 10.4 Å². The number of nitrogen functional groups attached to an aromatic ring is 1. The number of nitrogens with two attached hydrogens (primary N) is 1. The second-order valence-corrected chi connectivity index (χ2v) is 13.9. The number of ether oxygens (including phenoxy) is 2. The monoisotopic (exact) mass is 660 g/mol. The van der Waals surface area contributed by atoms with Crippen LogP contribution in [0.1, 0.15) is 38.3 Å². The average Bonchev–Trinajstić information content (AvgIpc) is 3.48. The molecule has 0 aliphatic carbocycles. The highest BCUT2D eigenvalue weighted by Gasteiger charge is 2.35. The fraction of sp³-hybridized carbons (Fsp3) is 0.421. The van der Waals surface area contributed by atoms with E-state index in [4.69, 9.17) is 20.3 Å². The number of carbonyl (C=O) groups is 1. The van der Waals surface area contributed by atoms with Crippen LogP contribution in [0.5, 0.6) is 11.5 Å². The molecule has 11 nitrogen and oxygen atoms in total. The normalized spacial score (nSPS) is 19.8. The summed E-state index contributed by atoms with van der Waals surface area (Å²) in [6.45, 7) is 12.6. The highest BCUT2D eigenvalue weighted by atomic mass is 16.5. The smallest absolute Gasteiger partial charge is 0.264 e. The number of carbonyl (C=O) groups excluding carboxylic acids is 1. The summed E-state index contributed by atoms with van der Waals surface area (Å²) in [7, 11) is 0. The van der Waals surface area contributed by atoms with Crippen LogP contribution in [-0.4, -0.2) is 99.4 Å². The van der Waals surface area contributed by atoms with Crippen molar-refractivity contribution in [3.05, 3.63) is 78.0 Å². The van der Waals surface area contributed by atoms with Gasteiger partial charge in [0.25, 0.3) is 5.91 Å². The molecule has 0 bridgehead atoms. The van der Waals surface area contributed by atoms with E-state index in [9.17, 15) is 10.1 Å². The number of nitrogens with zero attached hydrogens (tertiary/aromatic N) is 7. The number of hydrogen-bond donors (Lipinski definition) is 1. The first-order valence-corrected chi connectivity index (χ1v) is 17.2. The summed E-state index contributed by atoms with van der Waals surface area (Å²) in [4.78, 5) is 25.0. The fourth-order valence-corrected chi connectivity index (χ4v) is 7.36. The van der Waals surface area contributed by atoms with Crippen LogP contribution in [0.4, 0.5) is 5.82 Å². The van der Waals surface area contributed by atoms with Gasteiger partial charge in [-0.25, -0.2) is 4.98 Å². The Balaban J connectivity index is 1.11. The molecule has 1 amide bonds. The Hall–Kier alpha value is -4.76. The number of para-hydroxylation sites is 1. The Morgan fingerprint density at radius 2 is 1.82 bits per heavy atom. The van der Waals surface area contributed by atoms with E-state index in [0.717, 1.165) is 91.5 Å². The second-order valence-electron chi connectivity index (χ2n) is 13.9. The molecule has 2 aromatic carbocycles. The lowest BCUT2D eigenvalue weighted by atomic mass is 9.96. The molecule has 3 fully saturated rings. The molecule has 3 aliphatic rings. The van der Waals surface area contributed by atoms with Crippen LogP contribution in [0.25, 0.3) is 22.2 Å².